The molecule has 0 saturated carbocycles. The molecule has 0 spiro atoms. The molecule has 1 heterocycles. The number of nitriles is 2. The van der Waals surface area contributed by atoms with E-state index in [-0.39, 0.29) is 23.4 Å². The molecule has 1 fully saturated rings. The summed E-state index contributed by atoms with van der Waals surface area (Å²) < 4.78 is 20.1. The molecule has 1 saturated heterocycles. The van der Waals surface area contributed by atoms with Gasteiger partial charge < -0.3 is 20.3 Å². The minimum absolute atomic E-state index is 0.108. The van der Waals surface area contributed by atoms with Crippen LogP contribution in [-0.2, 0) is 11.3 Å². The van der Waals surface area contributed by atoms with E-state index in [4.69, 9.17) is 21.1 Å². The molecule has 0 atom stereocenters. The Morgan fingerprint density at radius 2 is 1.87 bits per heavy atom. The second-order valence-electron chi connectivity index (χ2n) is 6.80. The zero-order valence-corrected chi connectivity index (χ0v) is 16.6. The maximum atomic E-state index is 15.2. The van der Waals surface area contributed by atoms with Crippen LogP contribution in [0.1, 0.15) is 16.7 Å². The third kappa shape index (κ3) is 5.00. The number of carbonyl (C=O) groups excluding carboxylic acids is 1. The summed E-state index contributed by atoms with van der Waals surface area (Å²) in [6.45, 7) is 1.74. The molecule has 2 aromatic rings. The number of anilines is 2. The number of alkyl carbamates (subject to hydrolysis) is 1. The monoisotopic (exact) mass is 421 g/mol. The highest BCUT2D eigenvalue weighted by atomic mass is 19.1. The van der Waals surface area contributed by atoms with Gasteiger partial charge in [0.1, 0.15) is 12.7 Å². The molecule has 2 aromatic carbocycles. The molecule has 1 amide bonds. The summed E-state index contributed by atoms with van der Waals surface area (Å²) >= 11 is 0. The molecule has 31 heavy (non-hydrogen) atoms. The Balaban J connectivity index is 1.74. The summed E-state index contributed by atoms with van der Waals surface area (Å²) in [6, 6.07) is 14.3. The van der Waals surface area contributed by atoms with Gasteiger partial charge in [0.2, 0.25) is 0 Å². The lowest BCUT2D eigenvalue weighted by molar-refractivity contribution is 0.143. The normalized spacial score (nSPS) is 13.1. The van der Waals surface area contributed by atoms with Crippen molar-refractivity contribution in [1.29, 1.82) is 15.9 Å². The number of nitrogens with one attached hydrogen (secondary N) is 2. The van der Waals surface area contributed by atoms with Crippen molar-refractivity contribution < 1.29 is 13.9 Å². The molecule has 9 nitrogen and oxygen atoms in total. The Kier molecular flexibility index (Phi) is 6.53. The fourth-order valence-corrected chi connectivity index (χ4v) is 3.37. The fraction of sp³-hybridized carbons (Fsp3) is 0.238. The van der Waals surface area contributed by atoms with E-state index >= 15 is 4.39 Å². The number of amides is 1. The SMILES string of the molecule is N#Cc1cccc(N2CCN(c3c(C#N)ccc(COC(=O)NC(=N)N)c3F)CC2)c1. The molecule has 0 unspecified atom stereocenters. The number of carbonyl (C=O) groups is 1. The highest BCUT2D eigenvalue weighted by molar-refractivity contribution is 5.90. The maximum absolute atomic E-state index is 15.2. The van der Waals surface area contributed by atoms with Crippen molar-refractivity contribution in [2.75, 3.05) is 36.0 Å². The molecule has 10 heteroatoms. The molecule has 1 aliphatic heterocycles. The number of halogens is 1. The number of nitrogens with zero attached hydrogens (tertiary/aromatic N) is 4. The molecule has 0 aliphatic carbocycles. The highest BCUT2D eigenvalue weighted by Crippen LogP contribution is 2.29. The number of nitrogens with two attached hydrogens (primary N) is 1. The van der Waals surface area contributed by atoms with Gasteiger partial charge in [-0.25, -0.2) is 9.18 Å². The van der Waals surface area contributed by atoms with Gasteiger partial charge in [-0.2, -0.15) is 10.5 Å². The fourth-order valence-electron chi connectivity index (χ4n) is 3.37. The topological polar surface area (TPSA) is 142 Å². The zero-order valence-electron chi connectivity index (χ0n) is 16.6. The summed E-state index contributed by atoms with van der Waals surface area (Å²) in [4.78, 5) is 15.4. The van der Waals surface area contributed by atoms with Crippen molar-refractivity contribution in [1.82, 2.24) is 5.32 Å². The Labute approximate surface area is 178 Å². The lowest BCUT2D eigenvalue weighted by atomic mass is 10.1. The van der Waals surface area contributed by atoms with E-state index in [0.29, 0.717) is 31.7 Å². The van der Waals surface area contributed by atoms with Gasteiger partial charge in [0.15, 0.2) is 11.8 Å². The molecule has 158 valence electrons. The van der Waals surface area contributed by atoms with Gasteiger partial charge in [-0.05, 0) is 24.3 Å². The molecule has 1 aliphatic rings. The van der Waals surface area contributed by atoms with Crippen LogP contribution in [0, 0.1) is 33.9 Å². The number of ether oxygens (including phenoxy) is 1. The third-order valence-electron chi connectivity index (χ3n) is 4.85. The van der Waals surface area contributed by atoms with E-state index in [1.165, 1.54) is 12.1 Å². The number of hydrogen-bond acceptors (Lipinski definition) is 7. The van der Waals surface area contributed by atoms with Crippen molar-refractivity contribution >= 4 is 23.4 Å². The molecule has 4 N–H and O–H groups in total. The standard InChI is InChI=1S/C21H20FN7O2/c22-18-16(13-31-21(30)27-20(25)26)5-4-15(12-24)19(18)29-8-6-28(7-9-29)17-3-1-2-14(10-17)11-23/h1-5,10H,6-9,13H2,(H4,25,26,27,30). The van der Waals surface area contributed by atoms with Crippen LogP contribution in [0.15, 0.2) is 36.4 Å². The quantitative estimate of drug-likeness (QED) is 0.506. The van der Waals surface area contributed by atoms with E-state index in [1.807, 2.05) is 23.5 Å². The summed E-state index contributed by atoms with van der Waals surface area (Å²) in [5.41, 5.74) is 7.00. The van der Waals surface area contributed by atoms with Gasteiger partial charge in [-0.15, -0.1) is 0 Å². The van der Waals surface area contributed by atoms with Gasteiger partial charge in [0, 0.05) is 37.4 Å². The van der Waals surface area contributed by atoms with Crippen LogP contribution in [0.25, 0.3) is 0 Å². The summed E-state index contributed by atoms with van der Waals surface area (Å²) in [6.07, 6.45) is -0.967. The smallest absolute Gasteiger partial charge is 0.414 e. The van der Waals surface area contributed by atoms with Crippen LogP contribution in [-0.4, -0.2) is 38.2 Å². The van der Waals surface area contributed by atoms with Gasteiger partial charge in [-0.1, -0.05) is 12.1 Å². The van der Waals surface area contributed by atoms with Crippen LogP contribution < -0.4 is 20.9 Å². The number of benzene rings is 2. The highest BCUT2D eigenvalue weighted by Gasteiger charge is 2.24. The first-order valence-electron chi connectivity index (χ1n) is 9.42. The first-order chi connectivity index (χ1) is 14.9. The minimum Gasteiger partial charge on any atom is -0.444 e. The number of guanidine groups is 1. The predicted octanol–water partition coefficient (Wildman–Crippen LogP) is 2.02. The van der Waals surface area contributed by atoms with Crippen molar-refractivity contribution in [3.05, 3.63) is 58.9 Å². The Morgan fingerprint density at radius 3 is 2.52 bits per heavy atom. The van der Waals surface area contributed by atoms with Crippen LogP contribution in [0.5, 0.6) is 0 Å². The van der Waals surface area contributed by atoms with Crippen LogP contribution in [0.2, 0.25) is 0 Å². The number of rotatable bonds is 4. The van der Waals surface area contributed by atoms with Gasteiger partial charge in [0.05, 0.1) is 22.9 Å². The Morgan fingerprint density at radius 1 is 1.16 bits per heavy atom. The number of piperazine rings is 1. The first kappa shape index (κ1) is 21.4. The summed E-state index contributed by atoms with van der Waals surface area (Å²) in [5, 5.41) is 27.5. The molecular weight excluding hydrogens is 401 g/mol. The van der Waals surface area contributed by atoms with E-state index < -0.39 is 17.9 Å². The van der Waals surface area contributed by atoms with Crippen molar-refractivity contribution in [3.63, 3.8) is 0 Å². The lowest BCUT2D eigenvalue weighted by Gasteiger charge is -2.38. The maximum Gasteiger partial charge on any atom is 0.414 e. The first-order valence-corrected chi connectivity index (χ1v) is 9.42. The van der Waals surface area contributed by atoms with Crippen LogP contribution in [0.3, 0.4) is 0 Å². The second kappa shape index (κ2) is 9.46. The van der Waals surface area contributed by atoms with Crippen molar-refractivity contribution in [3.8, 4) is 12.1 Å². The third-order valence-corrected chi connectivity index (χ3v) is 4.85. The molecule has 0 bridgehead atoms. The van der Waals surface area contributed by atoms with E-state index in [9.17, 15) is 10.1 Å². The van der Waals surface area contributed by atoms with Gasteiger partial charge >= 0.3 is 6.09 Å². The minimum atomic E-state index is -0.967. The average Bonchev–Trinajstić information content (AvgIpc) is 2.77. The molecule has 3 rings (SSSR count). The largest absolute Gasteiger partial charge is 0.444 e. The van der Waals surface area contributed by atoms with Crippen molar-refractivity contribution in [2.45, 2.75) is 6.61 Å². The predicted molar refractivity (Wildman–Crippen MR) is 112 cm³/mol. The van der Waals surface area contributed by atoms with Crippen molar-refractivity contribution in [2.24, 2.45) is 5.73 Å². The number of hydrogen-bond donors (Lipinski definition) is 3. The Bertz CT molecular complexity index is 1080. The van der Waals surface area contributed by atoms with Gasteiger partial charge in [-0.3, -0.25) is 10.7 Å². The van der Waals surface area contributed by atoms with E-state index in [0.717, 1.165) is 5.69 Å². The molecule has 0 radical (unpaired) electrons. The van der Waals surface area contributed by atoms with Crippen LogP contribution in [0.4, 0.5) is 20.6 Å². The second-order valence-corrected chi connectivity index (χ2v) is 6.80. The Hall–Kier alpha value is -4.31. The average molecular weight is 421 g/mol. The molecule has 0 aromatic heterocycles. The van der Waals surface area contributed by atoms with E-state index in [2.05, 4.69) is 11.0 Å². The van der Waals surface area contributed by atoms with E-state index in [1.54, 1.807) is 17.0 Å². The van der Waals surface area contributed by atoms with Crippen LogP contribution >= 0.6 is 0 Å². The summed E-state index contributed by atoms with van der Waals surface area (Å²) in [5.74, 6) is -1.21. The lowest BCUT2D eigenvalue weighted by Crippen LogP contribution is -2.47. The summed E-state index contributed by atoms with van der Waals surface area (Å²) in [7, 11) is 0. The van der Waals surface area contributed by atoms with Gasteiger partial charge in [0.25, 0.3) is 0 Å². The zero-order chi connectivity index (χ0) is 22.4. The molecular formula is C21H20FN7O2.